The van der Waals surface area contributed by atoms with Crippen LogP contribution in [0.4, 0.5) is 5.69 Å². The van der Waals surface area contributed by atoms with E-state index in [0.717, 1.165) is 43.7 Å². The van der Waals surface area contributed by atoms with Crippen molar-refractivity contribution >= 4 is 44.9 Å². The molecular formula is C28H34N2O2S2. The third kappa shape index (κ3) is 5.28. The van der Waals surface area contributed by atoms with Crippen molar-refractivity contribution in [1.29, 1.82) is 0 Å². The predicted octanol–water partition coefficient (Wildman–Crippen LogP) is 7.53. The zero-order valence-electron chi connectivity index (χ0n) is 20.3. The molecule has 34 heavy (non-hydrogen) atoms. The molecule has 2 unspecified atom stereocenters. The zero-order chi connectivity index (χ0) is 23.7. The Bertz CT molecular complexity index is 1140. The van der Waals surface area contributed by atoms with Gasteiger partial charge in [-0.25, -0.2) is 4.98 Å². The number of benzene rings is 2. The molecule has 2 bridgehead atoms. The van der Waals surface area contributed by atoms with Crippen LogP contribution in [0.15, 0.2) is 46.8 Å². The molecule has 2 aromatic carbocycles. The minimum absolute atomic E-state index is 0.000547. The highest BCUT2D eigenvalue weighted by Gasteiger charge is 2.41. The molecule has 180 valence electrons. The molecular weight excluding hydrogens is 460 g/mol. The van der Waals surface area contributed by atoms with Gasteiger partial charge >= 0.3 is 0 Å². The van der Waals surface area contributed by atoms with Crippen molar-refractivity contribution in [3.05, 3.63) is 48.0 Å². The van der Waals surface area contributed by atoms with E-state index in [2.05, 4.69) is 48.4 Å². The van der Waals surface area contributed by atoms with Gasteiger partial charge in [-0.3, -0.25) is 4.79 Å². The number of rotatable bonds is 7. The Labute approximate surface area is 210 Å². The summed E-state index contributed by atoms with van der Waals surface area (Å²) >= 11 is 3.08. The largest absolute Gasteiger partial charge is 0.494 e. The fourth-order valence-corrected chi connectivity index (χ4v) is 8.20. The molecule has 2 aliphatic rings. The van der Waals surface area contributed by atoms with Crippen molar-refractivity contribution in [2.24, 2.45) is 17.8 Å². The second kappa shape index (κ2) is 9.90. The van der Waals surface area contributed by atoms with Gasteiger partial charge < -0.3 is 10.1 Å². The number of carbonyl (C=O) groups excluding carboxylic acids is 1. The number of hydrogen-bond acceptors (Lipinski definition) is 5. The van der Waals surface area contributed by atoms with Crippen molar-refractivity contribution < 1.29 is 9.53 Å². The lowest BCUT2D eigenvalue weighted by Gasteiger charge is -2.47. The van der Waals surface area contributed by atoms with Crippen molar-refractivity contribution in [3.63, 3.8) is 0 Å². The summed E-state index contributed by atoms with van der Waals surface area (Å²) in [5.41, 5.74) is 3.50. The maximum atomic E-state index is 12.6. The number of carbonyl (C=O) groups is 1. The zero-order valence-corrected chi connectivity index (χ0v) is 21.9. The second-order valence-corrected chi connectivity index (χ2v) is 12.7. The average Bonchev–Trinajstić information content (AvgIpc) is 3.20. The Hall–Kier alpha value is -2.05. The first kappa shape index (κ1) is 23.7. The minimum Gasteiger partial charge on any atom is -0.494 e. The molecule has 1 heterocycles. The van der Waals surface area contributed by atoms with E-state index in [9.17, 15) is 4.79 Å². The summed E-state index contributed by atoms with van der Waals surface area (Å²) in [4.78, 5) is 17.2. The highest BCUT2D eigenvalue weighted by atomic mass is 32.2. The lowest BCUT2D eigenvalue weighted by atomic mass is 9.57. The number of thiazole rings is 1. The van der Waals surface area contributed by atoms with Gasteiger partial charge in [-0.1, -0.05) is 37.7 Å². The van der Waals surface area contributed by atoms with Crippen LogP contribution in [-0.2, 0) is 10.2 Å². The van der Waals surface area contributed by atoms with Crippen LogP contribution < -0.4 is 10.1 Å². The molecule has 1 N–H and O–H groups in total. The number of aromatic nitrogens is 1. The summed E-state index contributed by atoms with van der Waals surface area (Å²) in [6.07, 6.45) is 6.80. The summed E-state index contributed by atoms with van der Waals surface area (Å²) in [6, 6.07) is 14.5. The highest BCUT2D eigenvalue weighted by molar-refractivity contribution is 8.01. The van der Waals surface area contributed by atoms with Gasteiger partial charge in [0, 0.05) is 5.69 Å². The normalized spacial score (nSPS) is 26.4. The number of hydrogen-bond donors (Lipinski definition) is 1. The van der Waals surface area contributed by atoms with Crippen LogP contribution in [0.5, 0.6) is 5.75 Å². The number of anilines is 1. The first-order chi connectivity index (χ1) is 16.4. The Morgan fingerprint density at radius 3 is 2.59 bits per heavy atom. The molecule has 6 heteroatoms. The third-order valence-corrected chi connectivity index (χ3v) is 9.62. The number of amides is 1. The van der Waals surface area contributed by atoms with E-state index in [4.69, 9.17) is 4.74 Å². The van der Waals surface area contributed by atoms with Crippen LogP contribution in [0.25, 0.3) is 10.2 Å². The predicted molar refractivity (Wildman–Crippen MR) is 143 cm³/mol. The standard InChI is InChI=1S/C28H34N2O2S2/c1-4-32-23-9-10-24-25(14-23)34-27(30-24)33-17-26(31)29-22-7-5-21(6-8-22)28(3)15-19-11-18(2)12-20(13-19)16-28/h5-10,14,18-20H,4,11-13,15-17H2,1-3H3,(H,29,31). The van der Waals surface area contributed by atoms with Crippen LogP contribution >= 0.6 is 23.1 Å². The van der Waals surface area contributed by atoms with Gasteiger partial charge in [-0.2, -0.15) is 0 Å². The lowest BCUT2D eigenvalue weighted by molar-refractivity contribution is -0.113. The van der Waals surface area contributed by atoms with E-state index >= 15 is 0 Å². The van der Waals surface area contributed by atoms with Crippen molar-refractivity contribution in [1.82, 2.24) is 4.98 Å². The molecule has 0 spiro atoms. The SMILES string of the molecule is CCOc1ccc2nc(SCC(=O)Nc3ccc(C4(C)CC5CC(C)CC(C5)C4)cc3)sc2c1. The van der Waals surface area contributed by atoms with Gasteiger partial charge in [0.15, 0.2) is 4.34 Å². The smallest absolute Gasteiger partial charge is 0.234 e. The number of nitrogens with one attached hydrogen (secondary N) is 1. The van der Waals surface area contributed by atoms with Gasteiger partial charge in [0.05, 0.1) is 22.6 Å². The van der Waals surface area contributed by atoms with E-state index in [1.807, 2.05) is 25.1 Å². The maximum Gasteiger partial charge on any atom is 0.234 e. The lowest BCUT2D eigenvalue weighted by Crippen LogP contribution is -2.38. The average molecular weight is 495 g/mol. The number of fused-ring (bicyclic) bond motifs is 3. The molecule has 2 atom stereocenters. The van der Waals surface area contributed by atoms with Crippen LogP contribution in [-0.4, -0.2) is 23.3 Å². The summed E-state index contributed by atoms with van der Waals surface area (Å²) in [5, 5.41) is 3.06. The quantitative estimate of drug-likeness (QED) is 0.345. The summed E-state index contributed by atoms with van der Waals surface area (Å²) in [7, 11) is 0. The number of ether oxygens (including phenoxy) is 1. The van der Waals surface area contributed by atoms with Crippen LogP contribution in [0.1, 0.15) is 58.4 Å². The van der Waals surface area contributed by atoms with Gasteiger partial charge in [0.1, 0.15) is 5.75 Å². The fourth-order valence-electron chi connectivity index (χ4n) is 6.31. The van der Waals surface area contributed by atoms with Crippen LogP contribution in [0.3, 0.4) is 0 Å². The minimum atomic E-state index is -0.000547. The van der Waals surface area contributed by atoms with E-state index in [-0.39, 0.29) is 11.3 Å². The van der Waals surface area contributed by atoms with E-state index in [0.29, 0.717) is 12.4 Å². The van der Waals surface area contributed by atoms with Crippen LogP contribution in [0, 0.1) is 17.8 Å². The summed E-state index contributed by atoms with van der Waals surface area (Å²) in [6.45, 7) is 7.49. The molecule has 0 radical (unpaired) electrons. The first-order valence-electron chi connectivity index (χ1n) is 12.5. The molecule has 2 saturated carbocycles. The second-order valence-electron chi connectivity index (χ2n) is 10.5. The third-order valence-electron chi connectivity index (χ3n) is 7.46. The molecule has 0 saturated heterocycles. The maximum absolute atomic E-state index is 12.6. The molecule has 1 aromatic heterocycles. The van der Waals surface area contributed by atoms with Gasteiger partial charge in [0.2, 0.25) is 5.91 Å². The Kier molecular flexibility index (Phi) is 6.90. The molecule has 1 amide bonds. The van der Waals surface area contributed by atoms with E-state index in [1.165, 1.54) is 49.4 Å². The Morgan fingerprint density at radius 2 is 1.88 bits per heavy atom. The summed E-state index contributed by atoms with van der Waals surface area (Å²) in [5.74, 6) is 3.84. The summed E-state index contributed by atoms with van der Waals surface area (Å²) < 4.78 is 7.56. The number of nitrogens with zero attached hydrogens (tertiary/aromatic N) is 1. The highest BCUT2D eigenvalue weighted by Crippen LogP contribution is 2.51. The van der Waals surface area contributed by atoms with Crippen molar-refractivity contribution in [2.45, 2.75) is 62.6 Å². The Morgan fingerprint density at radius 1 is 1.15 bits per heavy atom. The first-order valence-corrected chi connectivity index (χ1v) is 14.3. The van der Waals surface area contributed by atoms with E-state index < -0.39 is 0 Å². The van der Waals surface area contributed by atoms with Gasteiger partial charge in [-0.05, 0) is 98.1 Å². The monoisotopic (exact) mass is 494 g/mol. The van der Waals surface area contributed by atoms with Crippen LogP contribution in [0.2, 0.25) is 0 Å². The van der Waals surface area contributed by atoms with Crippen molar-refractivity contribution in [2.75, 3.05) is 17.7 Å². The number of thioether (sulfide) groups is 1. The topological polar surface area (TPSA) is 51.2 Å². The van der Waals surface area contributed by atoms with Crippen molar-refractivity contribution in [3.8, 4) is 5.75 Å². The van der Waals surface area contributed by atoms with Gasteiger partial charge in [0.25, 0.3) is 0 Å². The molecule has 2 fully saturated rings. The molecule has 0 aliphatic heterocycles. The molecule has 4 nitrogen and oxygen atoms in total. The molecule has 3 aromatic rings. The van der Waals surface area contributed by atoms with Gasteiger partial charge in [-0.15, -0.1) is 11.3 Å². The van der Waals surface area contributed by atoms with E-state index in [1.54, 1.807) is 11.3 Å². The Balaban J connectivity index is 1.17. The molecule has 5 rings (SSSR count). The molecule has 2 aliphatic carbocycles. The fraction of sp³-hybridized carbons (Fsp3) is 0.500.